The van der Waals surface area contributed by atoms with Crippen LogP contribution in [0.3, 0.4) is 0 Å². The molecule has 4 heteroatoms. The van der Waals surface area contributed by atoms with Crippen LogP contribution in [0.1, 0.15) is 56.0 Å². The summed E-state index contributed by atoms with van der Waals surface area (Å²) < 4.78 is 5.71. The summed E-state index contributed by atoms with van der Waals surface area (Å²) in [5, 5.41) is 19.8. The van der Waals surface area contributed by atoms with E-state index in [1.807, 2.05) is 20.8 Å². The Kier molecular flexibility index (Phi) is 2.76. The van der Waals surface area contributed by atoms with Crippen molar-refractivity contribution in [2.24, 2.45) is 0 Å². The minimum atomic E-state index is -0.397. The van der Waals surface area contributed by atoms with E-state index in [9.17, 15) is 15.0 Å². The van der Waals surface area contributed by atoms with E-state index in [0.29, 0.717) is 5.75 Å². The Labute approximate surface area is 106 Å². The third-order valence-electron chi connectivity index (χ3n) is 3.34. The Bertz CT molecular complexity index is 517. The molecule has 0 aliphatic carbocycles. The fourth-order valence-electron chi connectivity index (χ4n) is 2.57. The second-order valence-electron chi connectivity index (χ2n) is 5.56. The minimum Gasteiger partial charge on any atom is -0.504 e. The largest absolute Gasteiger partial charge is 0.504 e. The van der Waals surface area contributed by atoms with Crippen LogP contribution in [0.5, 0.6) is 17.2 Å². The van der Waals surface area contributed by atoms with E-state index >= 15 is 0 Å². The third kappa shape index (κ3) is 1.92. The predicted octanol–water partition coefficient (Wildman–Crippen LogP) is 2.97. The molecule has 1 unspecified atom stereocenters. The fourth-order valence-corrected chi connectivity index (χ4v) is 2.57. The lowest BCUT2D eigenvalue weighted by Gasteiger charge is -2.36. The summed E-state index contributed by atoms with van der Waals surface area (Å²) in [6, 6.07) is 1.62. The molecule has 1 aliphatic rings. The molecule has 1 heterocycles. The Morgan fingerprint density at radius 3 is 2.56 bits per heavy atom. The monoisotopic (exact) mass is 250 g/mol. The Hall–Kier alpha value is -1.71. The number of aromatic hydroxyl groups is 2. The summed E-state index contributed by atoms with van der Waals surface area (Å²) in [6.45, 7) is 7.24. The quantitative estimate of drug-likeness (QED) is 0.594. The van der Waals surface area contributed by atoms with E-state index in [1.54, 1.807) is 6.07 Å². The van der Waals surface area contributed by atoms with E-state index in [-0.39, 0.29) is 23.0 Å². The van der Waals surface area contributed by atoms with Gasteiger partial charge in [0.05, 0.1) is 5.56 Å². The Balaban J connectivity index is 2.66. The highest BCUT2D eigenvalue weighted by atomic mass is 16.5. The van der Waals surface area contributed by atoms with Crippen molar-refractivity contribution in [2.75, 3.05) is 0 Å². The van der Waals surface area contributed by atoms with Gasteiger partial charge < -0.3 is 14.9 Å². The van der Waals surface area contributed by atoms with Crippen LogP contribution in [0, 0.1) is 0 Å². The minimum absolute atomic E-state index is 0.140. The average molecular weight is 250 g/mol. The first-order chi connectivity index (χ1) is 8.23. The van der Waals surface area contributed by atoms with Gasteiger partial charge in [-0.1, -0.05) is 6.92 Å². The smallest absolute Gasteiger partial charge is 0.201 e. The molecule has 0 radical (unpaired) electrons. The van der Waals surface area contributed by atoms with Crippen molar-refractivity contribution < 1.29 is 19.7 Å². The van der Waals surface area contributed by atoms with Gasteiger partial charge in [0, 0.05) is 5.56 Å². The van der Waals surface area contributed by atoms with Gasteiger partial charge >= 0.3 is 0 Å². The second kappa shape index (κ2) is 3.90. The lowest BCUT2D eigenvalue weighted by Crippen LogP contribution is -2.34. The van der Waals surface area contributed by atoms with Crippen LogP contribution >= 0.6 is 0 Å². The van der Waals surface area contributed by atoms with Gasteiger partial charge in [0.2, 0.25) is 5.75 Å². The van der Waals surface area contributed by atoms with Crippen LogP contribution in [0.25, 0.3) is 0 Å². The van der Waals surface area contributed by atoms with E-state index in [4.69, 9.17) is 4.74 Å². The zero-order valence-corrected chi connectivity index (χ0v) is 11.1. The first-order valence-corrected chi connectivity index (χ1v) is 6.01. The number of benzene rings is 1. The molecule has 2 rings (SSSR count). The summed E-state index contributed by atoms with van der Waals surface area (Å²) in [5.41, 5.74) is 0.518. The molecule has 0 amide bonds. The van der Waals surface area contributed by atoms with Crippen molar-refractivity contribution in [3.8, 4) is 17.2 Å². The topological polar surface area (TPSA) is 66.8 Å². The van der Waals surface area contributed by atoms with Gasteiger partial charge in [-0.2, -0.15) is 0 Å². The van der Waals surface area contributed by atoms with Crippen LogP contribution < -0.4 is 4.74 Å². The van der Waals surface area contributed by atoms with Gasteiger partial charge in [0.25, 0.3) is 0 Å². The normalized spacial score (nSPS) is 21.0. The fraction of sp³-hybridized carbons (Fsp3) is 0.500. The molecule has 1 aromatic rings. The van der Waals surface area contributed by atoms with Gasteiger partial charge in [0.15, 0.2) is 17.3 Å². The molecule has 0 saturated carbocycles. The molecule has 98 valence electrons. The molecular weight excluding hydrogens is 232 g/mol. The number of ether oxygens (including phenoxy) is 1. The zero-order valence-electron chi connectivity index (χ0n) is 11.1. The summed E-state index contributed by atoms with van der Waals surface area (Å²) in [6.07, 6.45) is 0.793. The van der Waals surface area contributed by atoms with Crippen molar-refractivity contribution in [3.05, 3.63) is 17.2 Å². The van der Waals surface area contributed by atoms with Crippen molar-refractivity contribution in [2.45, 2.75) is 45.6 Å². The molecule has 0 aromatic heterocycles. The second-order valence-corrected chi connectivity index (χ2v) is 5.56. The number of carbonyl (C=O) groups is 1. The maximum Gasteiger partial charge on any atom is 0.201 e. The Morgan fingerprint density at radius 1 is 1.39 bits per heavy atom. The molecule has 2 N–H and O–H groups in total. The van der Waals surface area contributed by atoms with Crippen LogP contribution in [0.15, 0.2) is 6.07 Å². The number of Topliss-reactive ketones (excluding diaryl/α,β-unsaturated/α-hetero) is 1. The molecule has 1 atom stereocenters. The first kappa shape index (κ1) is 12.7. The summed E-state index contributed by atoms with van der Waals surface area (Å²) >= 11 is 0. The van der Waals surface area contributed by atoms with E-state index in [0.717, 1.165) is 12.0 Å². The van der Waals surface area contributed by atoms with Crippen molar-refractivity contribution >= 4 is 5.78 Å². The number of carbonyl (C=O) groups excluding carboxylic acids is 1. The van der Waals surface area contributed by atoms with Gasteiger partial charge in [-0.25, -0.2) is 0 Å². The molecule has 4 nitrogen and oxygen atoms in total. The lowest BCUT2D eigenvalue weighted by atomic mass is 9.84. The molecule has 0 saturated heterocycles. The van der Waals surface area contributed by atoms with Gasteiger partial charge in [-0.15, -0.1) is 0 Å². The summed E-state index contributed by atoms with van der Waals surface area (Å²) in [7, 11) is 0. The van der Waals surface area contributed by atoms with Gasteiger partial charge in [-0.3, -0.25) is 4.79 Å². The molecule has 1 aromatic carbocycles. The number of hydrogen-bond acceptors (Lipinski definition) is 4. The maximum absolute atomic E-state index is 11.4. The van der Waals surface area contributed by atoms with Crippen LogP contribution in [-0.2, 0) is 0 Å². The third-order valence-corrected chi connectivity index (χ3v) is 3.34. The molecular formula is C14H18O4. The number of hydrogen-bond donors (Lipinski definition) is 2. The highest BCUT2D eigenvalue weighted by Gasteiger charge is 2.35. The molecule has 1 aliphatic heterocycles. The van der Waals surface area contributed by atoms with Crippen molar-refractivity contribution in [3.63, 3.8) is 0 Å². The summed E-state index contributed by atoms with van der Waals surface area (Å²) in [5.74, 6) is -0.555. The number of fused-ring (bicyclic) bond motifs is 1. The number of phenolic OH excluding ortho intramolecular Hbond substituents is 2. The molecule has 0 fully saturated rings. The average Bonchev–Trinajstić information content (AvgIpc) is 2.22. The van der Waals surface area contributed by atoms with E-state index in [1.165, 1.54) is 6.92 Å². The standard InChI is InChI=1S/C14H18O4/c1-7-6-14(3,4)18-13-9(7)5-10(8(2)15)11(16)12(13)17/h5,7,16-17H,6H2,1-4H3. The summed E-state index contributed by atoms with van der Waals surface area (Å²) in [4.78, 5) is 11.4. The van der Waals surface area contributed by atoms with E-state index in [2.05, 4.69) is 0 Å². The molecule has 18 heavy (non-hydrogen) atoms. The van der Waals surface area contributed by atoms with Crippen LogP contribution in [-0.4, -0.2) is 21.6 Å². The highest BCUT2D eigenvalue weighted by Crippen LogP contribution is 2.50. The maximum atomic E-state index is 11.4. The number of ketones is 1. The van der Waals surface area contributed by atoms with Crippen LogP contribution in [0.2, 0.25) is 0 Å². The van der Waals surface area contributed by atoms with Crippen LogP contribution in [0.4, 0.5) is 0 Å². The van der Waals surface area contributed by atoms with Gasteiger partial charge in [0.1, 0.15) is 5.60 Å². The van der Waals surface area contributed by atoms with Gasteiger partial charge in [-0.05, 0) is 39.2 Å². The predicted molar refractivity (Wildman–Crippen MR) is 67.5 cm³/mol. The Morgan fingerprint density at radius 2 is 2.00 bits per heavy atom. The molecule has 0 spiro atoms. The van der Waals surface area contributed by atoms with E-state index < -0.39 is 11.4 Å². The zero-order chi connectivity index (χ0) is 13.7. The SMILES string of the molecule is CC(=O)c1cc2c(c(O)c1O)OC(C)(C)CC2C. The molecule has 0 bridgehead atoms. The highest BCUT2D eigenvalue weighted by molar-refractivity contribution is 5.98. The number of rotatable bonds is 1. The first-order valence-electron chi connectivity index (χ1n) is 6.01. The van der Waals surface area contributed by atoms with Crippen molar-refractivity contribution in [1.82, 2.24) is 0 Å². The van der Waals surface area contributed by atoms with Crippen molar-refractivity contribution in [1.29, 1.82) is 0 Å². The number of phenols is 2. The lowest BCUT2D eigenvalue weighted by molar-refractivity contribution is 0.0700.